The minimum Gasteiger partial charge on any atom is -0.290 e. The molecule has 2 heteroatoms. The zero-order chi connectivity index (χ0) is 7.11. The summed E-state index contributed by atoms with van der Waals surface area (Å²) in [5.74, 6) is 0. The minimum atomic E-state index is 0.889. The molecule has 9 heavy (non-hydrogen) atoms. The molecule has 0 atom stereocenters. The molecule has 0 rings (SSSR count). The molecule has 0 aliphatic carbocycles. The van der Waals surface area contributed by atoms with Crippen molar-refractivity contribution in [2.45, 2.75) is 20.3 Å². The molecule has 0 unspecified atom stereocenters. The minimum absolute atomic E-state index is 0.889. The zero-order valence-electron chi connectivity index (χ0n) is 5.89. The van der Waals surface area contributed by atoms with Crippen molar-refractivity contribution in [1.29, 1.82) is 5.41 Å². The molecule has 0 aliphatic rings. The summed E-state index contributed by atoms with van der Waals surface area (Å²) in [6.07, 6.45) is 5.79. The van der Waals surface area contributed by atoms with Crippen LogP contribution in [0.5, 0.6) is 0 Å². The molecule has 0 aromatic rings. The Hall–Kier alpha value is -0.920. The van der Waals surface area contributed by atoms with Crippen molar-refractivity contribution in [1.82, 2.24) is 0 Å². The van der Waals surface area contributed by atoms with E-state index in [1.807, 2.05) is 26.0 Å². The molecule has 0 heterocycles. The van der Waals surface area contributed by atoms with E-state index in [0.717, 1.165) is 18.5 Å². The number of nitrogens with one attached hydrogen (secondary N) is 1. The molecule has 0 spiro atoms. The molecule has 0 aromatic heterocycles. The van der Waals surface area contributed by atoms with Crippen LogP contribution in [0.2, 0.25) is 0 Å². The van der Waals surface area contributed by atoms with E-state index in [1.54, 1.807) is 0 Å². The Labute approximate surface area is 55.8 Å². The van der Waals surface area contributed by atoms with Gasteiger partial charge in [-0.2, -0.15) is 0 Å². The predicted molar refractivity (Wildman–Crippen MR) is 41.3 cm³/mol. The van der Waals surface area contributed by atoms with Gasteiger partial charge in [0.25, 0.3) is 0 Å². The van der Waals surface area contributed by atoms with E-state index in [-0.39, 0.29) is 0 Å². The molecule has 2 nitrogen and oxygen atoms in total. The van der Waals surface area contributed by atoms with Gasteiger partial charge in [-0.25, -0.2) is 4.99 Å². The third-order valence-corrected chi connectivity index (χ3v) is 0.952. The van der Waals surface area contributed by atoms with E-state index in [1.165, 1.54) is 0 Å². The maximum absolute atomic E-state index is 6.67. The first-order chi connectivity index (χ1) is 4.35. The highest BCUT2D eigenvalue weighted by Crippen LogP contribution is 1.86. The van der Waals surface area contributed by atoms with Gasteiger partial charge >= 0.3 is 0 Å². The van der Waals surface area contributed by atoms with Gasteiger partial charge in [-0.05, 0) is 19.4 Å². The fraction of sp³-hybridized carbons (Fsp3) is 0.429. The molecule has 0 saturated carbocycles. The Kier molecular flexibility index (Phi) is 4.69. The molecular weight excluding hydrogens is 112 g/mol. The number of nitrogens with zero attached hydrogens (tertiary/aromatic N) is 1. The third-order valence-electron chi connectivity index (χ3n) is 0.952. The summed E-state index contributed by atoms with van der Waals surface area (Å²) >= 11 is 0. The Balaban J connectivity index is 3.96. The Morgan fingerprint density at radius 1 is 1.67 bits per heavy atom. The van der Waals surface area contributed by atoms with Crippen LogP contribution >= 0.6 is 0 Å². The van der Waals surface area contributed by atoms with Crippen molar-refractivity contribution >= 4 is 12.1 Å². The van der Waals surface area contributed by atoms with Crippen LogP contribution in [0.25, 0.3) is 0 Å². The van der Waals surface area contributed by atoms with Crippen LogP contribution in [0.3, 0.4) is 0 Å². The van der Waals surface area contributed by atoms with Crippen LogP contribution in [0.4, 0.5) is 0 Å². The molecule has 0 bridgehead atoms. The van der Waals surface area contributed by atoms with E-state index in [0.29, 0.717) is 0 Å². The number of rotatable bonds is 3. The number of aliphatic imine (C=N–C) groups is 1. The first-order valence-corrected chi connectivity index (χ1v) is 3.03. The highest BCUT2D eigenvalue weighted by Gasteiger charge is 1.83. The van der Waals surface area contributed by atoms with Crippen LogP contribution in [0, 0.1) is 5.41 Å². The second kappa shape index (κ2) is 5.22. The molecule has 50 valence electrons. The molecule has 0 amide bonds. The van der Waals surface area contributed by atoms with Crippen LogP contribution in [-0.4, -0.2) is 12.1 Å². The molecule has 0 aliphatic heterocycles. The van der Waals surface area contributed by atoms with Gasteiger partial charge in [0.1, 0.15) is 6.34 Å². The van der Waals surface area contributed by atoms with Gasteiger partial charge in [-0.15, -0.1) is 0 Å². The maximum Gasteiger partial charge on any atom is 0.107 e. The fourth-order valence-corrected chi connectivity index (χ4v) is 0.527. The van der Waals surface area contributed by atoms with E-state index in [4.69, 9.17) is 5.41 Å². The third kappa shape index (κ3) is 3.64. The summed E-state index contributed by atoms with van der Waals surface area (Å²) in [5, 5.41) is 6.67. The van der Waals surface area contributed by atoms with Crippen LogP contribution in [0.1, 0.15) is 20.3 Å². The average molecular weight is 124 g/mol. The predicted octanol–water partition coefficient (Wildman–Crippen LogP) is 2.02. The lowest BCUT2D eigenvalue weighted by Crippen LogP contribution is -1.89. The van der Waals surface area contributed by atoms with Crippen molar-refractivity contribution in [3.05, 3.63) is 12.2 Å². The maximum atomic E-state index is 6.67. The van der Waals surface area contributed by atoms with Gasteiger partial charge in [0.15, 0.2) is 0 Å². The topological polar surface area (TPSA) is 36.2 Å². The first-order valence-electron chi connectivity index (χ1n) is 3.03. The molecule has 0 fully saturated rings. The van der Waals surface area contributed by atoms with E-state index in [9.17, 15) is 0 Å². The van der Waals surface area contributed by atoms with E-state index in [2.05, 4.69) is 4.99 Å². The van der Waals surface area contributed by atoms with Gasteiger partial charge in [0, 0.05) is 5.71 Å². The lowest BCUT2D eigenvalue weighted by molar-refractivity contribution is 1.29. The monoisotopic (exact) mass is 124 g/mol. The lowest BCUT2D eigenvalue weighted by Gasteiger charge is -1.88. The van der Waals surface area contributed by atoms with Crippen LogP contribution < -0.4 is 0 Å². The highest BCUT2D eigenvalue weighted by molar-refractivity contribution is 5.98. The molecule has 0 aromatic carbocycles. The summed E-state index contributed by atoms with van der Waals surface area (Å²) in [6, 6.07) is 0. The quantitative estimate of drug-likeness (QED) is 0.441. The van der Waals surface area contributed by atoms with E-state index >= 15 is 0 Å². The van der Waals surface area contributed by atoms with Crippen molar-refractivity contribution in [2.24, 2.45) is 4.99 Å². The van der Waals surface area contributed by atoms with Gasteiger partial charge in [-0.3, -0.25) is 5.41 Å². The van der Waals surface area contributed by atoms with Crippen molar-refractivity contribution in [3.63, 3.8) is 0 Å². The molecular formula is C7H12N2. The molecule has 0 saturated heterocycles. The van der Waals surface area contributed by atoms with Gasteiger partial charge < -0.3 is 0 Å². The van der Waals surface area contributed by atoms with Crippen molar-refractivity contribution < 1.29 is 0 Å². The van der Waals surface area contributed by atoms with Crippen LogP contribution in [0.15, 0.2) is 17.1 Å². The highest BCUT2D eigenvalue weighted by atomic mass is 14.8. The standard InChI is InChI=1S/C7H12N2/c1-3-5-7(4-2)9-6-8/h3,5-6,8H,4H2,1-2H3/b5-3-,8-6?,9-7?. The van der Waals surface area contributed by atoms with Gasteiger partial charge in [-0.1, -0.05) is 13.0 Å². The number of hydrogen-bond donors (Lipinski definition) is 1. The second-order valence-electron chi connectivity index (χ2n) is 1.60. The lowest BCUT2D eigenvalue weighted by atomic mass is 10.3. The Morgan fingerprint density at radius 2 is 2.33 bits per heavy atom. The number of hydrogen-bond acceptors (Lipinski definition) is 1. The van der Waals surface area contributed by atoms with Gasteiger partial charge in [0.2, 0.25) is 0 Å². The Bertz CT molecular complexity index is 134. The van der Waals surface area contributed by atoms with Crippen molar-refractivity contribution in [2.75, 3.05) is 0 Å². The average Bonchev–Trinajstić information content (AvgIpc) is 1.88. The zero-order valence-corrected chi connectivity index (χ0v) is 5.89. The summed E-state index contributed by atoms with van der Waals surface area (Å²) in [6.45, 7) is 3.96. The SMILES string of the molecule is C/C=C\C(CC)=NC=N. The van der Waals surface area contributed by atoms with Crippen LogP contribution in [-0.2, 0) is 0 Å². The first kappa shape index (κ1) is 8.08. The summed E-state index contributed by atoms with van der Waals surface area (Å²) in [7, 11) is 0. The van der Waals surface area contributed by atoms with Crippen molar-refractivity contribution in [3.8, 4) is 0 Å². The Morgan fingerprint density at radius 3 is 2.67 bits per heavy atom. The van der Waals surface area contributed by atoms with E-state index < -0.39 is 0 Å². The number of allylic oxidation sites excluding steroid dienone is 2. The summed E-state index contributed by atoms with van der Waals surface area (Å²) < 4.78 is 0. The normalized spacial score (nSPS) is 12.4. The van der Waals surface area contributed by atoms with Gasteiger partial charge in [0.05, 0.1) is 0 Å². The summed E-state index contributed by atoms with van der Waals surface area (Å²) in [4.78, 5) is 3.80. The summed E-state index contributed by atoms with van der Waals surface area (Å²) in [5.41, 5.74) is 0.951. The smallest absolute Gasteiger partial charge is 0.107 e. The second-order valence-corrected chi connectivity index (χ2v) is 1.60. The molecule has 1 N–H and O–H groups in total. The largest absolute Gasteiger partial charge is 0.290 e. The molecule has 0 radical (unpaired) electrons. The fourth-order valence-electron chi connectivity index (χ4n) is 0.527.